The number of fused-ring (bicyclic) bond motifs is 1. The molecule has 0 amide bonds. The van der Waals surface area contributed by atoms with Crippen molar-refractivity contribution in [2.45, 2.75) is 13.0 Å². The van der Waals surface area contributed by atoms with Crippen LogP contribution in [0.4, 0.5) is 10.2 Å². The van der Waals surface area contributed by atoms with E-state index in [2.05, 4.69) is 17.1 Å². The standard InChI is InChI=1S/C21H21FN4O2/c1-13-12-23-9-10-26(13)20-19(14-3-6-16(22)7-4-14)24-17-8-5-15(21(27)28-2)11-18(17)25-20/h3-8,11,13,23H,9-10,12H2,1-2H3. The lowest BCUT2D eigenvalue weighted by molar-refractivity contribution is 0.0601. The number of methoxy groups -OCH3 is 1. The maximum Gasteiger partial charge on any atom is 0.337 e. The van der Waals surface area contributed by atoms with E-state index in [1.165, 1.54) is 19.2 Å². The first-order valence-corrected chi connectivity index (χ1v) is 9.20. The van der Waals surface area contributed by atoms with Gasteiger partial charge < -0.3 is 15.0 Å². The Bertz CT molecular complexity index is 1020. The highest BCUT2D eigenvalue weighted by Gasteiger charge is 2.24. The Morgan fingerprint density at radius 2 is 1.96 bits per heavy atom. The minimum atomic E-state index is -0.414. The van der Waals surface area contributed by atoms with Gasteiger partial charge in [-0.05, 0) is 49.4 Å². The molecule has 1 aromatic heterocycles. The summed E-state index contributed by atoms with van der Waals surface area (Å²) in [7, 11) is 1.35. The van der Waals surface area contributed by atoms with Crippen LogP contribution in [0.1, 0.15) is 17.3 Å². The van der Waals surface area contributed by atoms with Gasteiger partial charge in [-0.2, -0.15) is 0 Å². The average molecular weight is 380 g/mol. The predicted molar refractivity (Wildman–Crippen MR) is 106 cm³/mol. The zero-order chi connectivity index (χ0) is 19.7. The van der Waals surface area contributed by atoms with E-state index in [0.717, 1.165) is 31.0 Å². The van der Waals surface area contributed by atoms with E-state index >= 15 is 0 Å². The Balaban J connectivity index is 1.90. The predicted octanol–water partition coefficient (Wildman–Crippen LogP) is 3.02. The van der Waals surface area contributed by atoms with Crippen LogP contribution in [0.3, 0.4) is 0 Å². The molecule has 1 saturated heterocycles. The Morgan fingerprint density at radius 3 is 2.68 bits per heavy atom. The number of carbonyl (C=O) groups is 1. The number of anilines is 1. The lowest BCUT2D eigenvalue weighted by atomic mass is 10.1. The molecule has 1 unspecified atom stereocenters. The second-order valence-electron chi connectivity index (χ2n) is 6.84. The molecule has 2 aromatic carbocycles. The van der Waals surface area contributed by atoms with Crippen molar-refractivity contribution in [3.63, 3.8) is 0 Å². The Labute approximate surface area is 162 Å². The second-order valence-corrected chi connectivity index (χ2v) is 6.84. The number of rotatable bonds is 3. The van der Waals surface area contributed by atoms with E-state index in [-0.39, 0.29) is 11.9 Å². The third-order valence-electron chi connectivity index (χ3n) is 4.96. The van der Waals surface area contributed by atoms with Gasteiger partial charge >= 0.3 is 5.97 Å². The van der Waals surface area contributed by atoms with Crippen molar-refractivity contribution in [2.75, 3.05) is 31.6 Å². The minimum absolute atomic E-state index is 0.225. The van der Waals surface area contributed by atoms with Crippen molar-refractivity contribution < 1.29 is 13.9 Å². The molecule has 28 heavy (non-hydrogen) atoms. The maximum atomic E-state index is 13.4. The summed E-state index contributed by atoms with van der Waals surface area (Å²) in [6, 6.07) is 11.6. The summed E-state index contributed by atoms with van der Waals surface area (Å²) in [5, 5.41) is 3.37. The monoisotopic (exact) mass is 380 g/mol. The largest absolute Gasteiger partial charge is 0.465 e. The van der Waals surface area contributed by atoms with Gasteiger partial charge in [-0.1, -0.05) is 0 Å². The van der Waals surface area contributed by atoms with Gasteiger partial charge in [0.15, 0.2) is 5.82 Å². The first-order valence-electron chi connectivity index (χ1n) is 9.20. The van der Waals surface area contributed by atoms with E-state index in [0.29, 0.717) is 22.3 Å². The summed E-state index contributed by atoms with van der Waals surface area (Å²) in [4.78, 5) is 23.8. The van der Waals surface area contributed by atoms with Gasteiger partial charge in [0, 0.05) is 31.2 Å². The van der Waals surface area contributed by atoms with Crippen molar-refractivity contribution in [1.29, 1.82) is 0 Å². The molecule has 2 heterocycles. The van der Waals surface area contributed by atoms with Crippen LogP contribution < -0.4 is 10.2 Å². The molecule has 1 N–H and O–H groups in total. The van der Waals surface area contributed by atoms with Crippen LogP contribution in [0.5, 0.6) is 0 Å². The van der Waals surface area contributed by atoms with E-state index in [1.54, 1.807) is 30.3 Å². The molecule has 1 aliphatic rings. The number of hydrogen-bond donors (Lipinski definition) is 1. The van der Waals surface area contributed by atoms with Crippen molar-refractivity contribution >= 4 is 22.8 Å². The topological polar surface area (TPSA) is 67.3 Å². The normalized spacial score (nSPS) is 17.0. The maximum absolute atomic E-state index is 13.4. The lowest BCUT2D eigenvalue weighted by Crippen LogP contribution is -2.50. The molecule has 4 rings (SSSR count). The van der Waals surface area contributed by atoms with Gasteiger partial charge in [0.25, 0.3) is 0 Å². The van der Waals surface area contributed by atoms with E-state index in [1.807, 2.05) is 0 Å². The molecule has 1 atom stereocenters. The SMILES string of the molecule is COC(=O)c1ccc2nc(-c3ccc(F)cc3)c(N3CCNCC3C)nc2c1. The zero-order valence-corrected chi connectivity index (χ0v) is 15.8. The van der Waals surface area contributed by atoms with Crippen LogP contribution in [-0.2, 0) is 4.74 Å². The van der Waals surface area contributed by atoms with Gasteiger partial charge in [-0.25, -0.2) is 19.2 Å². The summed E-state index contributed by atoms with van der Waals surface area (Å²) in [6.45, 7) is 4.59. The fourth-order valence-corrected chi connectivity index (χ4v) is 3.45. The molecule has 0 spiro atoms. The van der Waals surface area contributed by atoms with Gasteiger partial charge in [-0.15, -0.1) is 0 Å². The molecule has 0 saturated carbocycles. The lowest BCUT2D eigenvalue weighted by Gasteiger charge is -2.35. The fourth-order valence-electron chi connectivity index (χ4n) is 3.45. The second kappa shape index (κ2) is 7.52. The van der Waals surface area contributed by atoms with E-state index in [4.69, 9.17) is 14.7 Å². The zero-order valence-electron chi connectivity index (χ0n) is 15.8. The summed E-state index contributed by atoms with van der Waals surface area (Å²) < 4.78 is 18.2. The third-order valence-corrected chi connectivity index (χ3v) is 4.96. The molecule has 3 aromatic rings. The van der Waals surface area contributed by atoms with E-state index in [9.17, 15) is 9.18 Å². The molecule has 0 radical (unpaired) electrons. The number of nitrogens with one attached hydrogen (secondary N) is 1. The van der Waals surface area contributed by atoms with E-state index < -0.39 is 5.97 Å². The van der Waals surface area contributed by atoms with Crippen molar-refractivity contribution in [3.8, 4) is 11.3 Å². The smallest absolute Gasteiger partial charge is 0.337 e. The van der Waals surface area contributed by atoms with Crippen LogP contribution >= 0.6 is 0 Å². The van der Waals surface area contributed by atoms with Crippen LogP contribution in [0.2, 0.25) is 0 Å². The molecule has 144 valence electrons. The number of aromatic nitrogens is 2. The summed E-state index contributed by atoms with van der Waals surface area (Å²) in [5.74, 6) is 0.0239. The number of esters is 1. The highest BCUT2D eigenvalue weighted by molar-refractivity contribution is 5.94. The molecule has 7 heteroatoms. The Kier molecular flexibility index (Phi) is 4.92. The number of ether oxygens (including phenoxy) is 1. The highest BCUT2D eigenvalue weighted by Crippen LogP contribution is 2.31. The summed E-state index contributed by atoms with van der Waals surface area (Å²) in [5.41, 5.74) is 3.21. The minimum Gasteiger partial charge on any atom is -0.465 e. The van der Waals surface area contributed by atoms with Gasteiger partial charge in [-0.3, -0.25) is 0 Å². The first-order chi connectivity index (χ1) is 13.6. The highest BCUT2D eigenvalue weighted by atomic mass is 19.1. The fraction of sp³-hybridized carbons (Fsp3) is 0.286. The van der Waals surface area contributed by atoms with Gasteiger partial charge in [0.05, 0.1) is 23.7 Å². The molecule has 6 nitrogen and oxygen atoms in total. The number of carbonyl (C=O) groups excluding carboxylic acids is 1. The van der Waals surface area contributed by atoms with Crippen LogP contribution in [0.25, 0.3) is 22.3 Å². The number of nitrogens with zero attached hydrogens (tertiary/aromatic N) is 3. The van der Waals surface area contributed by atoms with Crippen LogP contribution in [0, 0.1) is 5.82 Å². The van der Waals surface area contributed by atoms with Crippen LogP contribution in [0.15, 0.2) is 42.5 Å². The number of halogens is 1. The molecular formula is C21H21FN4O2. The molecule has 1 aliphatic heterocycles. The molecule has 1 fully saturated rings. The van der Waals surface area contributed by atoms with Crippen molar-refractivity contribution in [2.24, 2.45) is 0 Å². The van der Waals surface area contributed by atoms with Crippen LogP contribution in [-0.4, -0.2) is 48.7 Å². The van der Waals surface area contributed by atoms with Gasteiger partial charge in [0.1, 0.15) is 11.5 Å². The Hall–Kier alpha value is -3.06. The van der Waals surface area contributed by atoms with Crippen molar-refractivity contribution in [1.82, 2.24) is 15.3 Å². The summed E-state index contributed by atoms with van der Waals surface area (Å²) >= 11 is 0. The molecule has 0 bridgehead atoms. The molecule has 0 aliphatic carbocycles. The summed E-state index contributed by atoms with van der Waals surface area (Å²) in [6.07, 6.45) is 0. The number of hydrogen-bond acceptors (Lipinski definition) is 6. The number of piperazine rings is 1. The quantitative estimate of drug-likeness (QED) is 0.705. The number of benzene rings is 2. The molecular weight excluding hydrogens is 359 g/mol. The van der Waals surface area contributed by atoms with Gasteiger partial charge in [0.2, 0.25) is 0 Å². The van der Waals surface area contributed by atoms with Crippen molar-refractivity contribution in [3.05, 3.63) is 53.8 Å². The average Bonchev–Trinajstić information content (AvgIpc) is 2.73. The Morgan fingerprint density at radius 1 is 1.18 bits per heavy atom. The third kappa shape index (κ3) is 3.41. The first kappa shape index (κ1) is 18.3.